The van der Waals surface area contributed by atoms with Gasteiger partial charge in [-0.25, -0.2) is 4.98 Å². The lowest BCUT2D eigenvalue weighted by atomic mass is 10.1. The minimum atomic E-state index is 0.935. The Bertz CT molecular complexity index is 417. The lowest BCUT2D eigenvalue weighted by Crippen LogP contribution is -1.82. The van der Waals surface area contributed by atoms with Crippen LogP contribution in [0.4, 0.5) is 0 Å². The van der Waals surface area contributed by atoms with Crippen LogP contribution in [0.15, 0.2) is 48.4 Å². The minimum absolute atomic E-state index is 0.935. The lowest BCUT2D eigenvalue weighted by molar-refractivity contribution is 1.06. The van der Waals surface area contributed by atoms with Crippen LogP contribution in [-0.2, 0) is 5.75 Å². The van der Waals surface area contributed by atoms with E-state index < -0.39 is 0 Å². The summed E-state index contributed by atoms with van der Waals surface area (Å²) in [5.41, 5.74) is 2.45. The highest BCUT2D eigenvalue weighted by Gasteiger charge is 1.97. The summed E-state index contributed by atoms with van der Waals surface area (Å²) in [6.45, 7) is 3.73. The van der Waals surface area contributed by atoms with Crippen molar-refractivity contribution in [2.75, 3.05) is 0 Å². The molecule has 0 fully saturated rings. The summed E-state index contributed by atoms with van der Waals surface area (Å²) in [7, 11) is 0. The molecule has 0 aliphatic carbocycles. The molecule has 0 aliphatic heterocycles. The van der Waals surface area contributed by atoms with Gasteiger partial charge in [0.25, 0.3) is 0 Å². The zero-order valence-corrected chi connectivity index (χ0v) is 9.13. The van der Waals surface area contributed by atoms with Gasteiger partial charge in [-0.05, 0) is 11.1 Å². The summed E-state index contributed by atoms with van der Waals surface area (Å²) in [5.74, 6) is 0.935. The fourth-order valence-corrected chi connectivity index (χ4v) is 2.01. The van der Waals surface area contributed by atoms with Gasteiger partial charge < -0.3 is 4.98 Å². The Hall–Kier alpha value is -1.48. The number of imidazole rings is 1. The number of H-pyrrole nitrogens is 1. The molecule has 0 aliphatic rings. The molecule has 1 aromatic heterocycles. The average Bonchev–Trinajstić information content (AvgIpc) is 2.80. The van der Waals surface area contributed by atoms with E-state index in [0.29, 0.717) is 0 Å². The molecule has 1 N–H and O–H groups in total. The lowest BCUT2D eigenvalue weighted by Gasteiger charge is -1.99. The molecule has 0 radical (unpaired) electrons. The summed E-state index contributed by atoms with van der Waals surface area (Å²) < 4.78 is 0. The third kappa shape index (κ3) is 2.73. The molecule has 2 aromatic rings. The van der Waals surface area contributed by atoms with Gasteiger partial charge in [0.2, 0.25) is 0 Å². The van der Waals surface area contributed by atoms with E-state index >= 15 is 0 Å². The number of aromatic nitrogens is 2. The summed E-state index contributed by atoms with van der Waals surface area (Å²) in [6.07, 6.45) is 5.45. The topological polar surface area (TPSA) is 28.7 Å². The molecule has 0 amide bonds. The molecule has 0 atom stereocenters. The summed E-state index contributed by atoms with van der Waals surface area (Å²) in [5, 5.41) is 0.961. The highest BCUT2D eigenvalue weighted by Crippen LogP contribution is 2.18. The maximum Gasteiger partial charge on any atom is 0.165 e. The highest BCUT2D eigenvalue weighted by atomic mass is 32.2. The Morgan fingerprint density at radius 3 is 2.73 bits per heavy atom. The molecule has 0 saturated carbocycles. The molecule has 0 bridgehead atoms. The van der Waals surface area contributed by atoms with Crippen LogP contribution in [0.3, 0.4) is 0 Å². The van der Waals surface area contributed by atoms with Gasteiger partial charge in [0.05, 0.1) is 0 Å². The van der Waals surface area contributed by atoms with Gasteiger partial charge in [-0.3, -0.25) is 0 Å². The van der Waals surface area contributed by atoms with Crippen molar-refractivity contribution in [1.82, 2.24) is 9.97 Å². The molecule has 76 valence electrons. The van der Waals surface area contributed by atoms with E-state index in [1.54, 1.807) is 18.0 Å². The zero-order chi connectivity index (χ0) is 10.5. The first-order valence-electron chi connectivity index (χ1n) is 4.72. The number of hydrogen-bond acceptors (Lipinski definition) is 2. The van der Waals surface area contributed by atoms with Crippen LogP contribution in [0, 0.1) is 0 Å². The number of thioether (sulfide) groups is 1. The van der Waals surface area contributed by atoms with E-state index in [4.69, 9.17) is 0 Å². The number of rotatable bonds is 4. The van der Waals surface area contributed by atoms with Gasteiger partial charge >= 0.3 is 0 Å². The third-order valence-corrected chi connectivity index (χ3v) is 3.04. The second kappa shape index (κ2) is 4.84. The van der Waals surface area contributed by atoms with E-state index in [1.807, 2.05) is 12.3 Å². The number of benzene rings is 1. The predicted octanol–water partition coefficient (Wildman–Crippen LogP) is 3.35. The zero-order valence-electron chi connectivity index (χ0n) is 8.31. The van der Waals surface area contributed by atoms with Gasteiger partial charge in [0.1, 0.15) is 0 Å². The third-order valence-electron chi connectivity index (χ3n) is 2.06. The fraction of sp³-hybridized carbons (Fsp3) is 0.0833. The Kier molecular flexibility index (Phi) is 3.25. The quantitative estimate of drug-likeness (QED) is 0.794. The first kappa shape index (κ1) is 10.1. The van der Waals surface area contributed by atoms with Crippen molar-refractivity contribution in [3.8, 4) is 0 Å². The highest BCUT2D eigenvalue weighted by molar-refractivity contribution is 7.98. The normalized spacial score (nSPS) is 10.1. The fourth-order valence-electron chi connectivity index (χ4n) is 1.23. The van der Waals surface area contributed by atoms with Crippen molar-refractivity contribution < 1.29 is 0 Å². The van der Waals surface area contributed by atoms with Crippen LogP contribution in [0.5, 0.6) is 0 Å². The van der Waals surface area contributed by atoms with Gasteiger partial charge in [0, 0.05) is 18.1 Å². The number of nitrogens with one attached hydrogen (secondary N) is 1. The number of hydrogen-bond donors (Lipinski definition) is 1. The van der Waals surface area contributed by atoms with Crippen LogP contribution >= 0.6 is 11.8 Å². The molecule has 0 spiro atoms. The summed E-state index contributed by atoms with van der Waals surface area (Å²) >= 11 is 1.70. The average molecular weight is 216 g/mol. The van der Waals surface area contributed by atoms with Gasteiger partial charge in [-0.2, -0.15) is 0 Å². The summed E-state index contributed by atoms with van der Waals surface area (Å²) in [6, 6.07) is 8.38. The molecular formula is C12H12N2S. The van der Waals surface area contributed by atoms with Crippen molar-refractivity contribution in [2.45, 2.75) is 10.9 Å². The van der Waals surface area contributed by atoms with Crippen LogP contribution in [0.25, 0.3) is 6.08 Å². The first-order chi connectivity index (χ1) is 7.38. The second-order valence-electron chi connectivity index (χ2n) is 3.13. The van der Waals surface area contributed by atoms with Gasteiger partial charge in [-0.15, -0.1) is 0 Å². The maximum absolute atomic E-state index is 4.16. The standard InChI is InChI=1S/C12H12N2S/c1-2-10-3-5-11(6-4-10)9-15-12-13-7-8-14-12/h2-8H,1,9H2,(H,13,14). The predicted molar refractivity (Wildman–Crippen MR) is 64.7 cm³/mol. The van der Waals surface area contributed by atoms with E-state index in [0.717, 1.165) is 16.5 Å². The molecule has 2 rings (SSSR count). The van der Waals surface area contributed by atoms with Crippen molar-refractivity contribution in [3.05, 3.63) is 54.4 Å². The monoisotopic (exact) mass is 216 g/mol. The van der Waals surface area contributed by atoms with Crippen molar-refractivity contribution in [3.63, 3.8) is 0 Å². The van der Waals surface area contributed by atoms with Crippen molar-refractivity contribution >= 4 is 17.8 Å². The van der Waals surface area contributed by atoms with E-state index in [9.17, 15) is 0 Å². The van der Waals surface area contributed by atoms with Gasteiger partial charge in [-0.1, -0.05) is 48.7 Å². The Balaban J connectivity index is 1.96. The number of aromatic amines is 1. The molecule has 2 nitrogen and oxygen atoms in total. The smallest absolute Gasteiger partial charge is 0.165 e. The molecule has 1 heterocycles. The van der Waals surface area contributed by atoms with E-state index in [-0.39, 0.29) is 0 Å². The Labute approximate surface area is 93.4 Å². The summed E-state index contributed by atoms with van der Waals surface area (Å²) in [4.78, 5) is 7.22. The first-order valence-corrected chi connectivity index (χ1v) is 5.70. The van der Waals surface area contributed by atoms with E-state index in [2.05, 4.69) is 40.8 Å². The molecule has 0 unspecified atom stereocenters. The maximum atomic E-state index is 4.16. The SMILES string of the molecule is C=Cc1ccc(CSc2ncc[nH]2)cc1. The molecule has 3 heteroatoms. The molecular weight excluding hydrogens is 204 g/mol. The minimum Gasteiger partial charge on any atom is -0.340 e. The second-order valence-corrected chi connectivity index (χ2v) is 4.09. The van der Waals surface area contributed by atoms with Crippen molar-refractivity contribution in [1.29, 1.82) is 0 Å². The van der Waals surface area contributed by atoms with Crippen LogP contribution in [0.1, 0.15) is 11.1 Å². The van der Waals surface area contributed by atoms with Gasteiger partial charge in [0.15, 0.2) is 5.16 Å². The molecule has 1 aromatic carbocycles. The largest absolute Gasteiger partial charge is 0.340 e. The number of nitrogens with zero attached hydrogens (tertiary/aromatic N) is 1. The molecule has 15 heavy (non-hydrogen) atoms. The van der Waals surface area contributed by atoms with E-state index in [1.165, 1.54) is 5.56 Å². The van der Waals surface area contributed by atoms with Crippen LogP contribution in [0.2, 0.25) is 0 Å². The van der Waals surface area contributed by atoms with Crippen LogP contribution < -0.4 is 0 Å². The van der Waals surface area contributed by atoms with Crippen LogP contribution in [-0.4, -0.2) is 9.97 Å². The Morgan fingerprint density at radius 2 is 2.13 bits per heavy atom. The Morgan fingerprint density at radius 1 is 1.33 bits per heavy atom. The van der Waals surface area contributed by atoms with Crippen molar-refractivity contribution in [2.24, 2.45) is 0 Å². The molecule has 0 saturated heterocycles.